The Balaban J connectivity index is 1.30. The van der Waals surface area contributed by atoms with E-state index in [1.54, 1.807) is 6.21 Å². The number of aryl methyl sites for hydroxylation is 1. The minimum atomic E-state index is 0.559. The lowest BCUT2D eigenvalue weighted by Gasteiger charge is -2.06. The smallest absolute Gasteiger partial charge is 0.203 e. The number of rotatable bonds is 7. The van der Waals surface area contributed by atoms with Crippen LogP contribution in [0.2, 0.25) is 0 Å². The normalized spacial score (nSPS) is 10.9. The van der Waals surface area contributed by atoms with E-state index >= 15 is 0 Å². The second-order valence-corrected chi connectivity index (χ2v) is 7.48. The zero-order valence-electron chi connectivity index (χ0n) is 16.1. The van der Waals surface area contributed by atoms with E-state index in [9.17, 15) is 0 Å². The van der Waals surface area contributed by atoms with Gasteiger partial charge in [0.15, 0.2) is 0 Å². The average molecular weight is 400 g/mol. The summed E-state index contributed by atoms with van der Waals surface area (Å²) in [5, 5.41) is 7.07. The molecule has 0 aliphatic rings. The summed E-state index contributed by atoms with van der Waals surface area (Å²) in [4.78, 5) is 4.56. The van der Waals surface area contributed by atoms with Crippen LogP contribution < -0.4 is 10.2 Å². The highest BCUT2D eigenvalue weighted by atomic mass is 32.1. The highest BCUT2D eigenvalue weighted by Crippen LogP contribution is 2.24. The molecule has 3 aromatic carbocycles. The van der Waals surface area contributed by atoms with Gasteiger partial charge in [-0.1, -0.05) is 60.2 Å². The topological polar surface area (TPSA) is 46.5 Å². The van der Waals surface area contributed by atoms with Gasteiger partial charge in [-0.15, -0.1) is 11.3 Å². The summed E-state index contributed by atoms with van der Waals surface area (Å²) in [5.74, 6) is 0.836. The van der Waals surface area contributed by atoms with Crippen LogP contribution in [-0.4, -0.2) is 11.2 Å². The van der Waals surface area contributed by atoms with E-state index in [1.807, 2.05) is 60.0 Å². The summed E-state index contributed by atoms with van der Waals surface area (Å²) >= 11 is 1.53. The van der Waals surface area contributed by atoms with E-state index in [0.717, 1.165) is 33.3 Å². The van der Waals surface area contributed by atoms with Gasteiger partial charge < -0.3 is 4.74 Å². The predicted molar refractivity (Wildman–Crippen MR) is 121 cm³/mol. The van der Waals surface area contributed by atoms with Gasteiger partial charge in [0.25, 0.3) is 0 Å². The standard InChI is InChI=1S/C24H21N3OS/c1-18-7-9-20(10-8-18)16-28-22-13-11-19(12-14-22)15-25-27-24-26-23(17-29-24)21-5-3-2-4-6-21/h2-15,17H,16H2,1H3,(H,26,27). The third-order valence-electron chi connectivity index (χ3n) is 4.35. The Labute approximate surface area is 174 Å². The Morgan fingerprint density at radius 2 is 1.72 bits per heavy atom. The minimum Gasteiger partial charge on any atom is -0.489 e. The van der Waals surface area contributed by atoms with Gasteiger partial charge in [-0.25, -0.2) is 4.98 Å². The van der Waals surface area contributed by atoms with E-state index < -0.39 is 0 Å². The summed E-state index contributed by atoms with van der Waals surface area (Å²) in [7, 11) is 0. The largest absolute Gasteiger partial charge is 0.489 e. The van der Waals surface area contributed by atoms with E-state index in [4.69, 9.17) is 4.74 Å². The Morgan fingerprint density at radius 3 is 2.48 bits per heavy atom. The minimum absolute atomic E-state index is 0.559. The maximum Gasteiger partial charge on any atom is 0.203 e. The molecule has 0 radical (unpaired) electrons. The molecule has 1 heterocycles. The first kappa shape index (κ1) is 18.9. The van der Waals surface area contributed by atoms with Crippen LogP contribution in [0.15, 0.2) is 89.3 Å². The number of anilines is 1. The molecule has 1 aromatic heterocycles. The Kier molecular flexibility index (Phi) is 5.98. The Bertz CT molecular complexity index is 1070. The van der Waals surface area contributed by atoms with Crippen molar-refractivity contribution in [2.45, 2.75) is 13.5 Å². The first-order valence-electron chi connectivity index (χ1n) is 9.35. The lowest BCUT2D eigenvalue weighted by atomic mass is 10.2. The maximum absolute atomic E-state index is 5.84. The zero-order valence-corrected chi connectivity index (χ0v) is 16.9. The Morgan fingerprint density at radius 1 is 0.966 bits per heavy atom. The van der Waals surface area contributed by atoms with Gasteiger partial charge in [0, 0.05) is 10.9 Å². The van der Waals surface area contributed by atoms with Crippen LogP contribution >= 0.6 is 11.3 Å². The van der Waals surface area contributed by atoms with E-state index in [0.29, 0.717) is 6.61 Å². The first-order chi connectivity index (χ1) is 14.3. The molecule has 4 nitrogen and oxygen atoms in total. The lowest BCUT2D eigenvalue weighted by molar-refractivity contribution is 0.306. The highest BCUT2D eigenvalue weighted by Gasteiger charge is 2.03. The fourth-order valence-corrected chi connectivity index (χ4v) is 3.40. The molecule has 4 rings (SSSR count). The summed E-state index contributed by atoms with van der Waals surface area (Å²) in [6.07, 6.45) is 1.77. The van der Waals surface area contributed by atoms with Crippen LogP contribution in [0.3, 0.4) is 0 Å². The van der Waals surface area contributed by atoms with Gasteiger partial charge in [-0.2, -0.15) is 5.10 Å². The second-order valence-electron chi connectivity index (χ2n) is 6.62. The van der Waals surface area contributed by atoms with Crippen molar-refractivity contribution in [1.29, 1.82) is 0 Å². The van der Waals surface area contributed by atoms with Crippen molar-refractivity contribution < 1.29 is 4.74 Å². The van der Waals surface area contributed by atoms with E-state index in [-0.39, 0.29) is 0 Å². The molecule has 0 saturated carbocycles. The van der Waals surface area contributed by atoms with Gasteiger partial charge >= 0.3 is 0 Å². The third kappa shape index (κ3) is 5.30. The maximum atomic E-state index is 5.84. The van der Waals surface area contributed by atoms with Crippen LogP contribution in [-0.2, 0) is 6.61 Å². The van der Waals surface area contributed by atoms with Crippen molar-refractivity contribution in [1.82, 2.24) is 4.98 Å². The molecule has 0 atom stereocenters. The molecular formula is C24H21N3OS. The van der Waals surface area contributed by atoms with Crippen LogP contribution in [0, 0.1) is 6.92 Å². The van der Waals surface area contributed by atoms with Crippen molar-refractivity contribution in [3.63, 3.8) is 0 Å². The molecule has 144 valence electrons. The van der Waals surface area contributed by atoms with Crippen molar-refractivity contribution in [3.05, 3.63) is 101 Å². The fraction of sp³-hybridized carbons (Fsp3) is 0.0833. The second kappa shape index (κ2) is 9.17. The van der Waals surface area contributed by atoms with Crippen molar-refractivity contribution in [2.24, 2.45) is 5.10 Å². The first-order valence-corrected chi connectivity index (χ1v) is 10.2. The van der Waals surface area contributed by atoms with Gasteiger partial charge in [0.2, 0.25) is 5.13 Å². The Hall–Kier alpha value is -3.44. The predicted octanol–water partition coefficient (Wildman–Crippen LogP) is 6.14. The molecule has 0 bridgehead atoms. The number of ether oxygens (including phenoxy) is 1. The van der Waals surface area contributed by atoms with Crippen molar-refractivity contribution in [3.8, 4) is 17.0 Å². The molecule has 29 heavy (non-hydrogen) atoms. The quantitative estimate of drug-likeness (QED) is 0.300. The van der Waals surface area contributed by atoms with Crippen LogP contribution in [0.5, 0.6) is 5.75 Å². The molecule has 0 saturated heterocycles. The molecule has 0 spiro atoms. The van der Waals surface area contributed by atoms with Crippen LogP contribution in [0.1, 0.15) is 16.7 Å². The van der Waals surface area contributed by atoms with Gasteiger partial charge in [-0.05, 0) is 42.3 Å². The molecule has 0 fully saturated rings. The number of nitrogens with one attached hydrogen (secondary N) is 1. The molecule has 1 N–H and O–H groups in total. The summed E-state index contributed by atoms with van der Waals surface area (Å²) < 4.78 is 5.84. The van der Waals surface area contributed by atoms with Gasteiger partial charge in [0.1, 0.15) is 12.4 Å². The fourth-order valence-electron chi connectivity index (χ4n) is 2.73. The van der Waals surface area contributed by atoms with E-state index in [1.165, 1.54) is 16.9 Å². The summed E-state index contributed by atoms with van der Waals surface area (Å²) in [6.45, 7) is 2.64. The molecule has 0 amide bonds. The third-order valence-corrected chi connectivity index (χ3v) is 5.10. The molecule has 0 unspecified atom stereocenters. The van der Waals surface area contributed by atoms with Crippen LogP contribution in [0.4, 0.5) is 5.13 Å². The van der Waals surface area contributed by atoms with Crippen molar-refractivity contribution in [2.75, 3.05) is 5.43 Å². The molecule has 4 aromatic rings. The number of benzene rings is 3. The summed E-state index contributed by atoms with van der Waals surface area (Å²) in [6, 6.07) is 26.3. The lowest BCUT2D eigenvalue weighted by Crippen LogP contribution is -1.95. The molecule has 0 aliphatic carbocycles. The highest BCUT2D eigenvalue weighted by molar-refractivity contribution is 7.14. The van der Waals surface area contributed by atoms with Crippen LogP contribution in [0.25, 0.3) is 11.3 Å². The number of aromatic nitrogens is 1. The number of hydrazone groups is 1. The summed E-state index contributed by atoms with van der Waals surface area (Å²) in [5.41, 5.74) is 8.43. The molecule has 0 aliphatic heterocycles. The molecular weight excluding hydrogens is 378 g/mol. The molecule has 5 heteroatoms. The average Bonchev–Trinajstić information content (AvgIpc) is 3.24. The zero-order chi connectivity index (χ0) is 19.9. The number of thiazole rings is 1. The number of nitrogens with zero attached hydrogens (tertiary/aromatic N) is 2. The monoisotopic (exact) mass is 399 g/mol. The van der Waals surface area contributed by atoms with E-state index in [2.05, 4.69) is 46.7 Å². The van der Waals surface area contributed by atoms with Crippen molar-refractivity contribution >= 4 is 22.7 Å². The SMILES string of the molecule is Cc1ccc(COc2ccc(C=NNc3nc(-c4ccccc4)cs3)cc2)cc1. The number of hydrogen-bond acceptors (Lipinski definition) is 5. The van der Waals surface area contributed by atoms with Gasteiger partial charge in [0.05, 0.1) is 11.9 Å². The van der Waals surface area contributed by atoms with Gasteiger partial charge in [-0.3, -0.25) is 5.43 Å². The number of hydrogen-bond donors (Lipinski definition) is 1.